The molecule has 5 nitrogen and oxygen atoms in total. The second kappa shape index (κ2) is 7.49. The number of nitrogens with zero attached hydrogens (tertiary/aromatic N) is 2. The largest absolute Gasteiger partial charge is 0.461 e. The first kappa shape index (κ1) is 17.2. The Kier molecular flexibility index (Phi) is 5.36. The molecule has 1 unspecified atom stereocenters. The summed E-state index contributed by atoms with van der Waals surface area (Å²) in [4.78, 5) is 16.9. The summed E-state index contributed by atoms with van der Waals surface area (Å²) in [5.41, 5.74) is 1.17. The van der Waals surface area contributed by atoms with Gasteiger partial charge in [0.2, 0.25) is 5.78 Å². The number of carbonyl (C=O) groups excluding carboxylic acids is 1. The quantitative estimate of drug-likeness (QED) is 0.795. The van der Waals surface area contributed by atoms with E-state index in [4.69, 9.17) is 4.74 Å². The molecule has 1 saturated heterocycles. The van der Waals surface area contributed by atoms with Crippen LogP contribution in [-0.2, 0) is 7.05 Å². The molecule has 1 fully saturated rings. The zero-order valence-corrected chi connectivity index (χ0v) is 15.5. The summed E-state index contributed by atoms with van der Waals surface area (Å²) in [6, 6.07) is 7.83. The van der Waals surface area contributed by atoms with Crippen LogP contribution in [0.4, 0.5) is 0 Å². The van der Waals surface area contributed by atoms with E-state index in [2.05, 4.69) is 33.2 Å². The molecule has 0 bridgehead atoms. The monoisotopic (exact) mass is 391 g/mol. The van der Waals surface area contributed by atoms with Crippen LogP contribution in [0.3, 0.4) is 0 Å². The predicted molar refractivity (Wildman–Crippen MR) is 96.5 cm³/mol. The maximum absolute atomic E-state index is 12.6. The highest BCUT2D eigenvalue weighted by Crippen LogP contribution is 2.22. The van der Waals surface area contributed by atoms with Gasteiger partial charge in [0, 0.05) is 17.1 Å². The fraction of sp³-hybridized carbons (Fsp3) is 0.444. The van der Waals surface area contributed by atoms with Gasteiger partial charge in [-0.3, -0.25) is 9.36 Å². The number of halogens is 1. The van der Waals surface area contributed by atoms with E-state index in [1.165, 1.54) is 0 Å². The van der Waals surface area contributed by atoms with Gasteiger partial charge in [0.05, 0.1) is 6.20 Å². The van der Waals surface area contributed by atoms with E-state index in [-0.39, 0.29) is 11.9 Å². The molecule has 0 spiro atoms. The molecule has 2 aromatic rings. The zero-order valence-electron chi connectivity index (χ0n) is 14.0. The molecule has 0 saturated carbocycles. The number of imidazole rings is 1. The average Bonchev–Trinajstić information content (AvgIpc) is 2.96. The van der Waals surface area contributed by atoms with Gasteiger partial charge in [-0.05, 0) is 63.0 Å². The molecule has 0 aliphatic carbocycles. The number of ketones is 1. The molecule has 1 aliphatic rings. The Morgan fingerprint density at radius 1 is 1.33 bits per heavy atom. The van der Waals surface area contributed by atoms with Gasteiger partial charge in [0.15, 0.2) is 0 Å². The zero-order chi connectivity index (χ0) is 17.1. The normalized spacial score (nSPS) is 16.8. The molecule has 1 aromatic carbocycles. The molecule has 24 heavy (non-hydrogen) atoms. The van der Waals surface area contributed by atoms with Gasteiger partial charge in [-0.15, -0.1) is 0 Å². The summed E-state index contributed by atoms with van der Waals surface area (Å²) < 4.78 is 8.72. The minimum atomic E-state index is -0.0538. The van der Waals surface area contributed by atoms with Crippen LogP contribution in [0.25, 0.3) is 0 Å². The number of nitrogens with one attached hydrogen (secondary N) is 1. The van der Waals surface area contributed by atoms with Crippen molar-refractivity contribution in [2.24, 2.45) is 13.0 Å². The molecule has 128 valence electrons. The van der Waals surface area contributed by atoms with Crippen molar-refractivity contribution in [2.75, 3.05) is 13.1 Å². The molecule has 0 amide bonds. The van der Waals surface area contributed by atoms with Crippen LogP contribution in [0.5, 0.6) is 6.01 Å². The summed E-state index contributed by atoms with van der Waals surface area (Å²) in [5.74, 6) is 0.468. The number of aromatic nitrogens is 2. The van der Waals surface area contributed by atoms with Crippen molar-refractivity contribution in [2.45, 2.75) is 25.9 Å². The Bertz CT molecular complexity index is 706. The van der Waals surface area contributed by atoms with E-state index in [1.807, 2.05) is 19.2 Å². The van der Waals surface area contributed by atoms with E-state index in [0.717, 1.165) is 30.4 Å². The molecule has 6 heteroatoms. The molecular weight excluding hydrogens is 370 g/mol. The molecule has 1 atom stereocenters. The molecule has 1 aliphatic heterocycles. The van der Waals surface area contributed by atoms with Crippen molar-refractivity contribution < 1.29 is 9.53 Å². The van der Waals surface area contributed by atoms with E-state index in [0.29, 0.717) is 23.2 Å². The highest BCUT2D eigenvalue weighted by molar-refractivity contribution is 9.10. The maximum Gasteiger partial charge on any atom is 0.296 e. The van der Waals surface area contributed by atoms with Crippen molar-refractivity contribution in [3.8, 4) is 6.01 Å². The van der Waals surface area contributed by atoms with Crippen LogP contribution in [0.2, 0.25) is 0 Å². The highest BCUT2D eigenvalue weighted by Gasteiger charge is 2.24. The highest BCUT2D eigenvalue weighted by atomic mass is 79.9. The molecule has 1 N–H and O–H groups in total. The fourth-order valence-corrected chi connectivity index (χ4v) is 3.30. The molecule has 3 rings (SSSR count). The lowest BCUT2D eigenvalue weighted by Crippen LogP contribution is -2.35. The number of carbonyl (C=O) groups is 1. The van der Waals surface area contributed by atoms with Crippen LogP contribution in [0.15, 0.2) is 34.9 Å². The summed E-state index contributed by atoms with van der Waals surface area (Å²) in [5, 5.41) is 3.36. The minimum absolute atomic E-state index is 0.0538. The van der Waals surface area contributed by atoms with Crippen molar-refractivity contribution >= 4 is 21.7 Å². The van der Waals surface area contributed by atoms with E-state index >= 15 is 0 Å². The van der Waals surface area contributed by atoms with Gasteiger partial charge in [-0.1, -0.05) is 15.9 Å². The Balaban J connectivity index is 1.73. The number of hydrogen-bond acceptors (Lipinski definition) is 4. The predicted octanol–water partition coefficient (Wildman–Crippen LogP) is 3.18. The summed E-state index contributed by atoms with van der Waals surface area (Å²) >= 11 is 3.38. The number of rotatable bonds is 5. The topological polar surface area (TPSA) is 56.1 Å². The van der Waals surface area contributed by atoms with Crippen LogP contribution >= 0.6 is 15.9 Å². The summed E-state index contributed by atoms with van der Waals surface area (Å²) in [6.45, 7) is 4.15. The van der Waals surface area contributed by atoms with E-state index in [9.17, 15) is 4.79 Å². The minimum Gasteiger partial charge on any atom is -0.461 e. The van der Waals surface area contributed by atoms with Crippen molar-refractivity contribution in [1.29, 1.82) is 0 Å². The Labute approximate surface area is 150 Å². The number of piperidine rings is 1. The standard InChI is InChI=1S/C18H22BrN3O2/c1-12(13-7-9-20-10-8-13)24-18-21-11-16(22(18)2)17(23)14-3-5-15(19)6-4-14/h3-6,11-13,20H,7-10H2,1-2H3. The van der Waals surface area contributed by atoms with Crippen molar-refractivity contribution in [3.63, 3.8) is 0 Å². The second-order valence-electron chi connectivity index (χ2n) is 6.23. The third-order valence-electron chi connectivity index (χ3n) is 4.62. The smallest absolute Gasteiger partial charge is 0.296 e. The van der Waals surface area contributed by atoms with Gasteiger partial charge in [0.25, 0.3) is 6.01 Å². The fourth-order valence-electron chi connectivity index (χ4n) is 3.04. The van der Waals surface area contributed by atoms with Crippen LogP contribution in [-0.4, -0.2) is 34.5 Å². The lowest BCUT2D eigenvalue weighted by Gasteiger charge is -2.28. The van der Waals surface area contributed by atoms with Crippen LogP contribution < -0.4 is 10.1 Å². The molecule has 2 heterocycles. The van der Waals surface area contributed by atoms with Crippen LogP contribution in [0.1, 0.15) is 35.8 Å². The first-order valence-electron chi connectivity index (χ1n) is 8.25. The average molecular weight is 392 g/mol. The number of benzene rings is 1. The SMILES string of the molecule is CC(Oc1ncc(C(=O)c2ccc(Br)cc2)n1C)C1CCNCC1. The van der Waals surface area contributed by atoms with Crippen molar-refractivity contribution in [1.82, 2.24) is 14.9 Å². The Hall–Kier alpha value is -1.66. The Morgan fingerprint density at radius 2 is 2.00 bits per heavy atom. The lowest BCUT2D eigenvalue weighted by atomic mass is 9.93. The number of ether oxygens (including phenoxy) is 1. The number of hydrogen-bond donors (Lipinski definition) is 1. The third kappa shape index (κ3) is 3.70. The van der Waals surface area contributed by atoms with Gasteiger partial charge in [-0.25, -0.2) is 4.98 Å². The second-order valence-corrected chi connectivity index (χ2v) is 7.15. The maximum atomic E-state index is 12.6. The van der Waals surface area contributed by atoms with Gasteiger partial charge in [-0.2, -0.15) is 0 Å². The summed E-state index contributed by atoms with van der Waals surface area (Å²) in [6.07, 6.45) is 3.89. The van der Waals surface area contributed by atoms with Gasteiger partial charge >= 0.3 is 0 Å². The van der Waals surface area contributed by atoms with Gasteiger partial charge in [0.1, 0.15) is 11.8 Å². The first-order valence-corrected chi connectivity index (χ1v) is 9.05. The molecular formula is C18H22BrN3O2. The Morgan fingerprint density at radius 3 is 2.67 bits per heavy atom. The van der Waals surface area contributed by atoms with E-state index < -0.39 is 0 Å². The van der Waals surface area contributed by atoms with E-state index in [1.54, 1.807) is 22.9 Å². The van der Waals surface area contributed by atoms with Crippen molar-refractivity contribution in [3.05, 3.63) is 46.2 Å². The van der Waals surface area contributed by atoms with Gasteiger partial charge < -0.3 is 10.1 Å². The lowest BCUT2D eigenvalue weighted by molar-refractivity contribution is 0.101. The molecule has 1 aromatic heterocycles. The third-order valence-corrected chi connectivity index (χ3v) is 5.15. The van der Waals surface area contributed by atoms with Crippen LogP contribution in [0, 0.1) is 5.92 Å². The molecule has 0 radical (unpaired) electrons. The summed E-state index contributed by atoms with van der Waals surface area (Å²) in [7, 11) is 1.82. The first-order chi connectivity index (χ1) is 11.6.